The molecule has 2 aromatic heterocycles. The average molecular weight is 373 g/mol. The van der Waals surface area contributed by atoms with Gasteiger partial charge in [-0.15, -0.1) is 11.3 Å². The molecule has 0 aliphatic rings. The van der Waals surface area contributed by atoms with E-state index in [-0.39, 0.29) is 5.92 Å². The van der Waals surface area contributed by atoms with Crippen LogP contribution in [0.2, 0.25) is 0 Å². The minimum atomic E-state index is -1.10. The molecule has 3 aromatic rings. The molecule has 0 aliphatic heterocycles. The first-order chi connectivity index (χ1) is 12.4. The lowest BCUT2D eigenvalue weighted by atomic mass is 10.1. The highest BCUT2D eigenvalue weighted by Gasteiger charge is 2.23. The van der Waals surface area contributed by atoms with Crippen LogP contribution in [-0.4, -0.2) is 38.7 Å². The Morgan fingerprint density at radius 2 is 2.08 bits per heavy atom. The number of aliphatic hydroxyl groups excluding tert-OH is 1. The molecule has 2 N–H and O–H groups in total. The summed E-state index contributed by atoms with van der Waals surface area (Å²) in [5.74, 6) is 0.107. The van der Waals surface area contributed by atoms with Gasteiger partial charge in [0.05, 0.1) is 11.2 Å². The third kappa shape index (κ3) is 3.21. The van der Waals surface area contributed by atoms with Gasteiger partial charge in [0.2, 0.25) is 0 Å². The van der Waals surface area contributed by atoms with E-state index in [9.17, 15) is 15.0 Å². The summed E-state index contributed by atoms with van der Waals surface area (Å²) in [5, 5.41) is 27.2. The molecule has 0 spiro atoms. The van der Waals surface area contributed by atoms with Crippen LogP contribution in [-0.2, 0) is 4.84 Å². The van der Waals surface area contributed by atoms with E-state index in [1.807, 2.05) is 19.2 Å². The lowest BCUT2D eigenvalue weighted by Gasteiger charge is -2.07. The predicted octanol–water partition coefficient (Wildman–Crippen LogP) is 3.71. The number of aromatic nitrogens is 2. The van der Waals surface area contributed by atoms with E-state index in [2.05, 4.69) is 10.1 Å². The summed E-state index contributed by atoms with van der Waals surface area (Å²) in [5.41, 5.74) is 2.35. The van der Waals surface area contributed by atoms with Gasteiger partial charge >= 0.3 is 6.09 Å². The van der Waals surface area contributed by atoms with Crippen LogP contribution in [0.15, 0.2) is 41.0 Å². The molecule has 136 valence electrons. The number of para-hydroxylation sites is 1. The van der Waals surface area contributed by atoms with Crippen molar-refractivity contribution in [1.29, 1.82) is 0 Å². The van der Waals surface area contributed by atoms with Gasteiger partial charge in [0.15, 0.2) is 0 Å². The second-order valence-electron chi connectivity index (χ2n) is 6.04. The number of hydrogen-bond donors (Lipinski definition) is 2. The number of thiazole rings is 1. The van der Waals surface area contributed by atoms with Crippen LogP contribution in [0.1, 0.15) is 36.2 Å². The maximum absolute atomic E-state index is 11.5. The SMILES string of the molecule is CON=C(c1csc(C(O)c2cn(C(=O)O)c3ccccc23)n1)C(C)C. The zero-order valence-corrected chi connectivity index (χ0v) is 15.4. The fourth-order valence-electron chi connectivity index (χ4n) is 2.79. The van der Waals surface area contributed by atoms with Crippen LogP contribution in [0.4, 0.5) is 4.79 Å². The van der Waals surface area contributed by atoms with E-state index >= 15 is 0 Å². The first-order valence-corrected chi connectivity index (χ1v) is 8.90. The van der Waals surface area contributed by atoms with Crippen LogP contribution in [0.3, 0.4) is 0 Å². The van der Waals surface area contributed by atoms with Crippen molar-refractivity contribution < 1.29 is 19.8 Å². The molecule has 1 atom stereocenters. The number of rotatable bonds is 5. The zero-order chi connectivity index (χ0) is 18.8. The first kappa shape index (κ1) is 18.1. The Hall–Kier alpha value is -2.71. The minimum absolute atomic E-state index is 0.107. The van der Waals surface area contributed by atoms with Crippen LogP contribution < -0.4 is 0 Å². The Morgan fingerprint density at radius 1 is 1.35 bits per heavy atom. The molecular weight excluding hydrogens is 354 g/mol. The molecule has 0 radical (unpaired) electrons. The zero-order valence-electron chi connectivity index (χ0n) is 14.6. The normalized spacial score (nSPS) is 13.3. The number of hydrogen-bond acceptors (Lipinski definition) is 6. The van der Waals surface area contributed by atoms with E-state index in [1.165, 1.54) is 24.6 Å². The standard InChI is InChI=1S/C18H19N3O4S/c1-10(2)15(20-25-3)13-9-26-17(19-13)16(22)12-8-21(18(23)24)14-7-5-4-6-11(12)14/h4-10,16,22H,1-3H3,(H,23,24). The Bertz CT molecular complexity index is 974. The number of nitrogens with zero attached hydrogens (tertiary/aromatic N) is 3. The van der Waals surface area contributed by atoms with E-state index in [0.29, 0.717) is 32.9 Å². The molecule has 2 heterocycles. The fourth-order valence-corrected chi connectivity index (χ4v) is 3.61. The van der Waals surface area contributed by atoms with E-state index < -0.39 is 12.2 Å². The molecule has 1 unspecified atom stereocenters. The number of carbonyl (C=O) groups is 1. The molecule has 0 saturated heterocycles. The summed E-state index contributed by atoms with van der Waals surface area (Å²) < 4.78 is 1.11. The second kappa shape index (κ2) is 7.27. The van der Waals surface area contributed by atoms with Gasteiger partial charge in [-0.3, -0.25) is 4.57 Å². The summed E-state index contributed by atoms with van der Waals surface area (Å²) in [7, 11) is 1.48. The van der Waals surface area contributed by atoms with Gasteiger partial charge in [-0.25, -0.2) is 9.78 Å². The van der Waals surface area contributed by atoms with Gasteiger partial charge in [-0.05, 0) is 6.07 Å². The Balaban J connectivity index is 2.04. The van der Waals surface area contributed by atoms with Gasteiger partial charge in [-0.2, -0.15) is 0 Å². The molecule has 0 bridgehead atoms. The number of carboxylic acid groups (broad SMARTS) is 1. The third-order valence-corrected chi connectivity index (χ3v) is 4.90. The van der Waals surface area contributed by atoms with Crippen molar-refractivity contribution in [2.75, 3.05) is 7.11 Å². The van der Waals surface area contributed by atoms with Gasteiger partial charge in [0.25, 0.3) is 0 Å². The van der Waals surface area contributed by atoms with Crippen molar-refractivity contribution in [1.82, 2.24) is 9.55 Å². The summed E-state index contributed by atoms with van der Waals surface area (Å²) in [6.07, 6.45) is -0.699. The molecule has 0 amide bonds. The highest BCUT2D eigenvalue weighted by molar-refractivity contribution is 7.10. The average Bonchev–Trinajstić information content (AvgIpc) is 3.24. The molecule has 8 heteroatoms. The summed E-state index contributed by atoms with van der Waals surface area (Å²) >= 11 is 1.30. The number of aliphatic hydroxyl groups is 1. The maximum Gasteiger partial charge on any atom is 0.416 e. The Kier molecular flexibility index (Phi) is 5.06. The van der Waals surface area contributed by atoms with Gasteiger partial charge < -0.3 is 15.1 Å². The molecule has 3 rings (SSSR count). The summed E-state index contributed by atoms with van der Waals surface area (Å²) in [6, 6.07) is 7.05. The van der Waals surface area contributed by atoms with Crippen LogP contribution in [0.5, 0.6) is 0 Å². The quantitative estimate of drug-likeness (QED) is 0.525. The number of oxime groups is 1. The third-order valence-electron chi connectivity index (χ3n) is 4.00. The van der Waals surface area contributed by atoms with E-state index in [1.54, 1.807) is 24.3 Å². The van der Waals surface area contributed by atoms with Crippen molar-refractivity contribution in [2.24, 2.45) is 11.1 Å². The lowest BCUT2D eigenvalue weighted by molar-refractivity contribution is 0.197. The lowest BCUT2D eigenvalue weighted by Crippen LogP contribution is -2.11. The van der Waals surface area contributed by atoms with Gasteiger partial charge in [0, 0.05) is 28.4 Å². The monoisotopic (exact) mass is 373 g/mol. The number of fused-ring (bicyclic) bond motifs is 1. The second-order valence-corrected chi connectivity index (χ2v) is 6.93. The van der Waals surface area contributed by atoms with E-state index in [0.717, 1.165) is 4.57 Å². The maximum atomic E-state index is 11.5. The highest BCUT2D eigenvalue weighted by atomic mass is 32.1. The molecule has 0 fully saturated rings. The van der Waals surface area contributed by atoms with Crippen LogP contribution in [0.25, 0.3) is 10.9 Å². The van der Waals surface area contributed by atoms with E-state index in [4.69, 9.17) is 4.84 Å². The smallest absolute Gasteiger partial charge is 0.416 e. The largest absolute Gasteiger partial charge is 0.464 e. The van der Waals surface area contributed by atoms with Crippen molar-refractivity contribution in [3.05, 3.63) is 52.1 Å². The molecule has 1 aromatic carbocycles. The van der Waals surface area contributed by atoms with Crippen LogP contribution >= 0.6 is 11.3 Å². The molecular formula is C18H19N3O4S. The molecule has 7 nitrogen and oxygen atoms in total. The molecule has 0 aliphatic carbocycles. The topological polar surface area (TPSA) is 96.9 Å². The van der Waals surface area contributed by atoms with Crippen molar-refractivity contribution in [3.63, 3.8) is 0 Å². The Morgan fingerprint density at radius 3 is 2.73 bits per heavy atom. The molecule has 26 heavy (non-hydrogen) atoms. The van der Waals surface area contributed by atoms with Crippen molar-refractivity contribution in [3.8, 4) is 0 Å². The summed E-state index contributed by atoms with van der Waals surface area (Å²) in [6.45, 7) is 3.96. The van der Waals surface area contributed by atoms with Gasteiger partial charge in [0.1, 0.15) is 23.9 Å². The minimum Gasteiger partial charge on any atom is -0.464 e. The Labute approximate surface area is 154 Å². The highest BCUT2D eigenvalue weighted by Crippen LogP contribution is 2.32. The van der Waals surface area contributed by atoms with Crippen LogP contribution in [0, 0.1) is 5.92 Å². The van der Waals surface area contributed by atoms with Crippen molar-refractivity contribution >= 4 is 34.0 Å². The fraction of sp³-hybridized carbons (Fsp3) is 0.278. The predicted molar refractivity (Wildman–Crippen MR) is 99.9 cm³/mol. The molecule has 0 saturated carbocycles. The summed E-state index contributed by atoms with van der Waals surface area (Å²) in [4.78, 5) is 20.8. The van der Waals surface area contributed by atoms with Gasteiger partial charge in [-0.1, -0.05) is 37.2 Å². The first-order valence-electron chi connectivity index (χ1n) is 8.02. The van der Waals surface area contributed by atoms with Crippen molar-refractivity contribution in [2.45, 2.75) is 20.0 Å². The number of benzene rings is 1.